The average molecular weight is 414 g/mol. The van der Waals surface area contributed by atoms with Gasteiger partial charge in [-0.15, -0.1) is 0 Å². The largest absolute Gasteiger partial charge is 0.494 e. The van der Waals surface area contributed by atoms with Crippen molar-refractivity contribution in [2.75, 3.05) is 18.9 Å². The van der Waals surface area contributed by atoms with Gasteiger partial charge in [-0.25, -0.2) is 9.59 Å². The maximum absolute atomic E-state index is 11.1. The maximum Gasteiger partial charge on any atom is 0.335 e. The van der Waals surface area contributed by atoms with Crippen molar-refractivity contribution >= 4 is 17.6 Å². The number of nitrogens with two attached hydrogens (primary N) is 1. The molecule has 0 fully saturated rings. The molecule has 0 heterocycles. The fourth-order valence-corrected chi connectivity index (χ4v) is 2.30. The van der Waals surface area contributed by atoms with E-state index in [0.717, 1.165) is 31.4 Å². The smallest absolute Gasteiger partial charge is 0.335 e. The van der Waals surface area contributed by atoms with Gasteiger partial charge in [0, 0.05) is 11.3 Å². The van der Waals surface area contributed by atoms with E-state index in [1.165, 1.54) is 17.7 Å². The topological polar surface area (TPSA) is 98.8 Å². The molecule has 2 aromatic rings. The first kappa shape index (κ1) is 24.8. The normalized spacial score (nSPS) is 9.80. The highest BCUT2D eigenvalue weighted by Gasteiger charge is 2.03. The number of benzene rings is 2. The first-order valence-corrected chi connectivity index (χ1v) is 9.90. The van der Waals surface area contributed by atoms with Gasteiger partial charge in [0.05, 0.1) is 18.8 Å². The summed E-state index contributed by atoms with van der Waals surface area (Å²) in [5.74, 6) is -0.618. The molecule has 6 heteroatoms. The molecule has 0 aliphatic carbocycles. The van der Waals surface area contributed by atoms with Gasteiger partial charge in [-0.1, -0.05) is 24.3 Å². The predicted molar refractivity (Wildman–Crippen MR) is 119 cm³/mol. The fraction of sp³-hybridized carbons (Fsp3) is 0.333. The van der Waals surface area contributed by atoms with E-state index in [2.05, 4.69) is 6.58 Å². The Labute approximate surface area is 178 Å². The van der Waals surface area contributed by atoms with E-state index < -0.39 is 5.97 Å². The molecule has 30 heavy (non-hydrogen) atoms. The number of carbonyl (C=O) groups excluding carboxylic acids is 1. The minimum Gasteiger partial charge on any atom is -0.494 e. The minimum absolute atomic E-state index is 0.247. The van der Waals surface area contributed by atoms with Crippen molar-refractivity contribution in [3.8, 4) is 5.75 Å². The molecule has 3 N–H and O–H groups in total. The van der Waals surface area contributed by atoms with Crippen LogP contribution in [0.4, 0.5) is 5.69 Å². The second-order valence-corrected chi connectivity index (χ2v) is 6.92. The zero-order valence-electron chi connectivity index (χ0n) is 17.7. The molecule has 0 radical (unpaired) electrons. The third-order valence-electron chi connectivity index (χ3n) is 4.07. The molecule has 0 aliphatic rings. The van der Waals surface area contributed by atoms with Crippen molar-refractivity contribution in [3.63, 3.8) is 0 Å². The molecule has 0 aromatic heterocycles. The summed E-state index contributed by atoms with van der Waals surface area (Å²) in [6.45, 7) is 8.18. The second kappa shape index (κ2) is 13.8. The quantitative estimate of drug-likeness (QED) is 0.246. The van der Waals surface area contributed by atoms with Crippen molar-refractivity contribution in [2.45, 2.75) is 39.5 Å². The molecule has 0 unspecified atom stereocenters. The van der Waals surface area contributed by atoms with Crippen LogP contribution in [0.1, 0.15) is 48.5 Å². The van der Waals surface area contributed by atoms with Gasteiger partial charge in [-0.05, 0) is 75.9 Å². The first-order valence-electron chi connectivity index (χ1n) is 9.90. The maximum atomic E-state index is 11.1. The molecule has 0 aliphatic heterocycles. The Morgan fingerprint density at radius 3 is 2.00 bits per heavy atom. The van der Waals surface area contributed by atoms with Gasteiger partial charge in [0.15, 0.2) is 0 Å². The van der Waals surface area contributed by atoms with Crippen molar-refractivity contribution in [2.24, 2.45) is 0 Å². The SMILES string of the molecule is C=C(C)C(=O)OCCCCCCOc1ccc(C(=O)O)cc1.Cc1ccc(N)cc1. The number of esters is 1. The summed E-state index contributed by atoms with van der Waals surface area (Å²) in [7, 11) is 0. The van der Waals surface area contributed by atoms with Gasteiger partial charge in [-0.3, -0.25) is 0 Å². The van der Waals surface area contributed by atoms with Gasteiger partial charge in [0.25, 0.3) is 0 Å². The van der Waals surface area contributed by atoms with Crippen LogP contribution in [0, 0.1) is 6.92 Å². The molecule has 0 amide bonds. The van der Waals surface area contributed by atoms with Crippen LogP contribution in [-0.2, 0) is 9.53 Å². The molecule has 6 nitrogen and oxygen atoms in total. The Morgan fingerprint density at radius 2 is 1.50 bits per heavy atom. The monoisotopic (exact) mass is 413 g/mol. The van der Waals surface area contributed by atoms with E-state index in [0.29, 0.717) is 24.5 Å². The standard InChI is InChI=1S/C17H22O5.C7H9N/c1-13(2)17(20)22-12-6-4-3-5-11-21-15-9-7-14(8-10-15)16(18)19;1-6-2-4-7(8)5-3-6/h7-10H,1,3-6,11-12H2,2H3,(H,18,19);2-5H,8H2,1H3. The summed E-state index contributed by atoms with van der Waals surface area (Å²) in [4.78, 5) is 21.8. The van der Waals surface area contributed by atoms with Gasteiger partial charge in [0.2, 0.25) is 0 Å². The molecule has 0 spiro atoms. The third-order valence-corrected chi connectivity index (χ3v) is 4.07. The number of carbonyl (C=O) groups is 2. The van der Waals surface area contributed by atoms with E-state index in [1.54, 1.807) is 19.1 Å². The van der Waals surface area contributed by atoms with Crippen molar-refractivity contribution in [3.05, 3.63) is 71.8 Å². The van der Waals surface area contributed by atoms with Crippen molar-refractivity contribution < 1.29 is 24.2 Å². The predicted octanol–water partition coefficient (Wildman–Crippen LogP) is 5.02. The highest BCUT2D eigenvalue weighted by molar-refractivity contribution is 5.87. The van der Waals surface area contributed by atoms with Gasteiger partial charge < -0.3 is 20.3 Å². The number of hydrogen-bond acceptors (Lipinski definition) is 5. The van der Waals surface area contributed by atoms with Crippen molar-refractivity contribution in [1.29, 1.82) is 0 Å². The number of carboxylic acid groups (broad SMARTS) is 1. The molecule has 0 saturated heterocycles. The lowest BCUT2D eigenvalue weighted by Gasteiger charge is -2.07. The Hall–Kier alpha value is -3.28. The van der Waals surface area contributed by atoms with Gasteiger partial charge in [-0.2, -0.15) is 0 Å². The molecular formula is C24H31NO5. The number of hydrogen-bond donors (Lipinski definition) is 2. The van der Waals surface area contributed by atoms with E-state index in [1.807, 2.05) is 31.2 Å². The average Bonchev–Trinajstić information content (AvgIpc) is 2.72. The van der Waals surface area contributed by atoms with E-state index >= 15 is 0 Å². The molecule has 0 atom stereocenters. The molecule has 0 bridgehead atoms. The number of unbranched alkanes of at least 4 members (excludes halogenated alkanes) is 3. The van der Waals surface area contributed by atoms with Crippen LogP contribution in [0.5, 0.6) is 5.75 Å². The Bertz CT molecular complexity index is 776. The zero-order valence-corrected chi connectivity index (χ0v) is 17.7. The number of nitrogen functional groups attached to an aromatic ring is 1. The van der Waals surface area contributed by atoms with E-state index in [4.69, 9.17) is 20.3 Å². The molecular weight excluding hydrogens is 382 g/mol. The molecule has 0 saturated carbocycles. The zero-order chi connectivity index (χ0) is 22.4. The summed E-state index contributed by atoms with van der Waals surface area (Å²) in [6, 6.07) is 14.1. The number of rotatable bonds is 10. The lowest BCUT2D eigenvalue weighted by atomic mass is 10.2. The Morgan fingerprint density at radius 1 is 0.933 bits per heavy atom. The van der Waals surface area contributed by atoms with Crippen LogP contribution in [0.15, 0.2) is 60.7 Å². The van der Waals surface area contributed by atoms with Crippen molar-refractivity contribution in [1.82, 2.24) is 0 Å². The van der Waals surface area contributed by atoms with E-state index in [-0.39, 0.29) is 11.5 Å². The van der Waals surface area contributed by atoms with Crippen LogP contribution in [0.2, 0.25) is 0 Å². The first-order chi connectivity index (χ1) is 14.3. The summed E-state index contributed by atoms with van der Waals surface area (Å²) in [6.07, 6.45) is 3.67. The third kappa shape index (κ3) is 10.9. The van der Waals surface area contributed by atoms with Crippen LogP contribution >= 0.6 is 0 Å². The van der Waals surface area contributed by atoms with Crippen LogP contribution in [-0.4, -0.2) is 30.3 Å². The van der Waals surface area contributed by atoms with Gasteiger partial charge >= 0.3 is 11.9 Å². The van der Waals surface area contributed by atoms with Crippen LogP contribution in [0.25, 0.3) is 0 Å². The Balaban J connectivity index is 0.000000467. The Kier molecular flexibility index (Phi) is 11.4. The van der Waals surface area contributed by atoms with Crippen LogP contribution in [0.3, 0.4) is 0 Å². The number of aryl methyl sites for hydroxylation is 1. The summed E-state index contributed by atoms with van der Waals surface area (Å²) < 4.78 is 10.5. The summed E-state index contributed by atoms with van der Waals surface area (Å²) in [5, 5.41) is 8.78. The fourth-order valence-electron chi connectivity index (χ4n) is 2.30. The van der Waals surface area contributed by atoms with Crippen LogP contribution < -0.4 is 10.5 Å². The number of aromatic carboxylic acids is 1. The lowest BCUT2D eigenvalue weighted by Crippen LogP contribution is -2.06. The minimum atomic E-state index is -0.945. The molecule has 2 rings (SSSR count). The molecule has 2 aromatic carbocycles. The second-order valence-electron chi connectivity index (χ2n) is 6.92. The summed E-state index contributed by atoms with van der Waals surface area (Å²) >= 11 is 0. The number of anilines is 1. The lowest BCUT2D eigenvalue weighted by molar-refractivity contribution is -0.139. The number of carboxylic acids is 1. The highest BCUT2D eigenvalue weighted by Crippen LogP contribution is 2.13. The summed E-state index contributed by atoms with van der Waals surface area (Å²) in [5.41, 5.74) is 8.17. The number of ether oxygens (including phenoxy) is 2. The highest BCUT2D eigenvalue weighted by atomic mass is 16.5. The van der Waals surface area contributed by atoms with E-state index in [9.17, 15) is 9.59 Å². The molecule has 162 valence electrons. The van der Waals surface area contributed by atoms with Gasteiger partial charge in [0.1, 0.15) is 5.75 Å².